The minimum Gasteiger partial charge on any atom is -0.479 e. The predicted octanol–water partition coefficient (Wildman–Crippen LogP) is 6.17. The molecule has 0 aliphatic rings. The number of nitrogens with one attached hydrogen (secondary N) is 1. The first kappa shape index (κ1) is 26.9. The van der Waals surface area contributed by atoms with E-state index < -0.39 is 12.1 Å². The first-order valence-corrected chi connectivity index (χ1v) is 12.9. The molecule has 0 saturated carbocycles. The third-order valence-electron chi connectivity index (χ3n) is 7.10. The van der Waals surface area contributed by atoms with Crippen molar-refractivity contribution in [1.29, 1.82) is 0 Å². The average Bonchev–Trinajstić information content (AvgIpc) is 3.13. The lowest BCUT2D eigenvalue weighted by Gasteiger charge is -2.16. The lowest BCUT2D eigenvalue weighted by atomic mass is 9.98. The standard InChI is InChI=1S/C31H35N3O4/c1-18(2)24-8-7-9-25(13-24)20(4)33-30(35)26-10-11-29-28(14-26)19(3)21(5)34(29)17-23-12-27(16-32-15-23)38-22(6)31(36)37/h7-16,18,20,22H,17H2,1-6H3,(H,33,35)(H,36,37). The highest BCUT2D eigenvalue weighted by molar-refractivity contribution is 5.99. The summed E-state index contributed by atoms with van der Waals surface area (Å²) in [5.41, 5.74) is 7.04. The van der Waals surface area contributed by atoms with Gasteiger partial charge in [0.2, 0.25) is 0 Å². The van der Waals surface area contributed by atoms with Crippen LogP contribution in [0, 0.1) is 13.8 Å². The molecule has 0 fully saturated rings. The van der Waals surface area contributed by atoms with Crippen molar-refractivity contribution in [3.63, 3.8) is 0 Å². The molecule has 7 heteroatoms. The summed E-state index contributed by atoms with van der Waals surface area (Å²) in [6, 6.07) is 15.8. The van der Waals surface area contributed by atoms with Crippen molar-refractivity contribution >= 4 is 22.8 Å². The van der Waals surface area contributed by atoms with E-state index in [0.717, 1.165) is 33.3 Å². The summed E-state index contributed by atoms with van der Waals surface area (Å²) in [4.78, 5) is 28.5. The number of aliphatic carboxylic acids is 1. The van der Waals surface area contributed by atoms with Crippen LogP contribution in [0.2, 0.25) is 0 Å². The molecular formula is C31H35N3O4. The van der Waals surface area contributed by atoms with E-state index in [1.165, 1.54) is 18.7 Å². The lowest BCUT2D eigenvalue weighted by molar-refractivity contribution is -0.144. The van der Waals surface area contributed by atoms with Crippen LogP contribution in [-0.2, 0) is 11.3 Å². The summed E-state index contributed by atoms with van der Waals surface area (Å²) in [7, 11) is 0. The van der Waals surface area contributed by atoms with Crippen molar-refractivity contribution in [2.24, 2.45) is 0 Å². The molecule has 4 rings (SSSR count). The van der Waals surface area contributed by atoms with Crippen molar-refractivity contribution < 1.29 is 19.4 Å². The van der Waals surface area contributed by atoms with Crippen molar-refractivity contribution in [2.75, 3.05) is 0 Å². The zero-order chi connectivity index (χ0) is 27.6. The Balaban J connectivity index is 1.56. The van der Waals surface area contributed by atoms with Gasteiger partial charge in [0.1, 0.15) is 5.75 Å². The summed E-state index contributed by atoms with van der Waals surface area (Å²) in [5, 5.41) is 13.3. The number of aryl methyl sites for hydroxylation is 1. The Morgan fingerprint density at radius 3 is 2.45 bits per heavy atom. The second-order valence-corrected chi connectivity index (χ2v) is 10.2. The predicted molar refractivity (Wildman–Crippen MR) is 149 cm³/mol. The monoisotopic (exact) mass is 513 g/mol. The minimum atomic E-state index is -1.03. The molecule has 0 radical (unpaired) electrons. The third-order valence-corrected chi connectivity index (χ3v) is 7.10. The van der Waals surface area contributed by atoms with Gasteiger partial charge in [0.05, 0.1) is 12.2 Å². The second kappa shape index (κ2) is 11.1. The highest BCUT2D eigenvalue weighted by Gasteiger charge is 2.17. The van der Waals surface area contributed by atoms with Crippen molar-refractivity contribution in [3.8, 4) is 5.75 Å². The molecule has 2 N–H and O–H groups in total. The highest BCUT2D eigenvalue weighted by atomic mass is 16.5. The molecule has 2 unspecified atom stereocenters. The van der Waals surface area contributed by atoms with E-state index in [2.05, 4.69) is 54.7 Å². The Bertz CT molecular complexity index is 1490. The fraction of sp³-hybridized carbons (Fsp3) is 0.323. The number of ether oxygens (including phenoxy) is 1. The molecule has 0 aliphatic heterocycles. The summed E-state index contributed by atoms with van der Waals surface area (Å²) in [6.45, 7) is 12.5. The number of aromatic nitrogens is 2. The molecule has 0 spiro atoms. The van der Waals surface area contributed by atoms with E-state index in [1.54, 1.807) is 6.20 Å². The Kier molecular flexibility index (Phi) is 7.86. The normalized spacial score (nSPS) is 12.9. The molecule has 38 heavy (non-hydrogen) atoms. The SMILES string of the molecule is Cc1c(C)n(Cc2cncc(OC(C)C(=O)O)c2)c2ccc(C(=O)NC(C)c3cccc(C(C)C)c3)cc12. The second-order valence-electron chi connectivity index (χ2n) is 10.2. The molecule has 7 nitrogen and oxygen atoms in total. The number of benzene rings is 2. The van der Waals surface area contributed by atoms with Crippen molar-refractivity contribution in [3.05, 3.63) is 94.4 Å². The van der Waals surface area contributed by atoms with Crippen molar-refractivity contribution in [1.82, 2.24) is 14.9 Å². The summed E-state index contributed by atoms with van der Waals surface area (Å²) in [6.07, 6.45) is 2.30. The van der Waals surface area contributed by atoms with Crippen LogP contribution < -0.4 is 10.1 Å². The van der Waals surface area contributed by atoms with Gasteiger partial charge < -0.3 is 19.7 Å². The van der Waals surface area contributed by atoms with Gasteiger partial charge in [-0.2, -0.15) is 0 Å². The number of hydrogen-bond acceptors (Lipinski definition) is 4. The van der Waals surface area contributed by atoms with Gasteiger partial charge in [-0.25, -0.2) is 4.79 Å². The van der Waals surface area contributed by atoms with Gasteiger partial charge in [-0.3, -0.25) is 9.78 Å². The number of carboxylic acid groups (broad SMARTS) is 1. The summed E-state index contributed by atoms with van der Waals surface area (Å²) < 4.78 is 7.66. The van der Waals surface area contributed by atoms with Gasteiger partial charge in [0.25, 0.3) is 5.91 Å². The van der Waals surface area contributed by atoms with Gasteiger partial charge >= 0.3 is 5.97 Å². The topological polar surface area (TPSA) is 93.5 Å². The van der Waals surface area contributed by atoms with Crippen LogP contribution in [0.25, 0.3) is 10.9 Å². The largest absolute Gasteiger partial charge is 0.479 e. The smallest absolute Gasteiger partial charge is 0.344 e. The van der Waals surface area contributed by atoms with E-state index >= 15 is 0 Å². The Hall–Kier alpha value is -4.13. The summed E-state index contributed by atoms with van der Waals surface area (Å²) >= 11 is 0. The number of rotatable bonds is 9. The maximum Gasteiger partial charge on any atom is 0.344 e. The molecule has 0 saturated heterocycles. The first-order valence-electron chi connectivity index (χ1n) is 12.9. The van der Waals surface area contributed by atoms with Crippen LogP contribution in [0.3, 0.4) is 0 Å². The minimum absolute atomic E-state index is 0.110. The molecule has 2 aromatic heterocycles. The van der Waals surface area contributed by atoms with E-state index in [1.807, 2.05) is 43.3 Å². The van der Waals surface area contributed by atoms with Crippen LogP contribution in [-0.4, -0.2) is 32.6 Å². The average molecular weight is 514 g/mol. The molecule has 1 amide bonds. The van der Waals surface area contributed by atoms with Crippen LogP contribution in [0.5, 0.6) is 5.75 Å². The quantitative estimate of drug-likeness (QED) is 0.279. The van der Waals surface area contributed by atoms with E-state index in [0.29, 0.717) is 23.8 Å². The fourth-order valence-electron chi connectivity index (χ4n) is 4.60. The number of carbonyl (C=O) groups excluding carboxylic acids is 1. The summed E-state index contributed by atoms with van der Waals surface area (Å²) in [5.74, 6) is -0.304. The number of pyridine rings is 1. The molecule has 4 aromatic rings. The maximum absolute atomic E-state index is 13.2. The van der Waals surface area contributed by atoms with Crippen LogP contribution in [0.15, 0.2) is 60.9 Å². The third kappa shape index (κ3) is 5.72. The molecule has 2 heterocycles. The van der Waals surface area contributed by atoms with Gasteiger partial charge in [-0.05, 0) is 80.1 Å². The lowest BCUT2D eigenvalue weighted by Crippen LogP contribution is -2.26. The molecule has 2 aromatic carbocycles. The highest BCUT2D eigenvalue weighted by Crippen LogP contribution is 2.28. The molecular weight excluding hydrogens is 478 g/mol. The zero-order valence-electron chi connectivity index (χ0n) is 22.8. The Morgan fingerprint density at radius 1 is 1.00 bits per heavy atom. The Morgan fingerprint density at radius 2 is 1.74 bits per heavy atom. The zero-order valence-corrected chi connectivity index (χ0v) is 22.8. The number of hydrogen-bond donors (Lipinski definition) is 2. The molecule has 0 bridgehead atoms. The van der Waals surface area contributed by atoms with Crippen LogP contribution in [0.1, 0.15) is 78.0 Å². The Labute approximate surface area is 223 Å². The van der Waals surface area contributed by atoms with Crippen LogP contribution in [0.4, 0.5) is 0 Å². The molecule has 198 valence electrons. The number of amides is 1. The van der Waals surface area contributed by atoms with Gasteiger partial charge in [-0.15, -0.1) is 0 Å². The number of fused-ring (bicyclic) bond motifs is 1. The first-order chi connectivity index (χ1) is 18.0. The maximum atomic E-state index is 13.2. The number of carbonyl (C=O) groups is 2. The van der Waals surface area contributed by atoms with Gasteiger partial charge in [0.15, 0.2) is 6.10 Å². The van der Waals surface area contributed by atoms with E-state index in [-0.39, 0.29) is 11.9 Å². The van der Waals surface area contributed by atoms with E-state index in [4.69, 9.17) is 9.84 Å². The fourth-order valence-corrected chi connectivity index (χ4v) is 4.60. The van der Waals surface area contributed by atoms with E-state index in [9.17, 15) is 9.59 Å². The van der Waals surface area contributed by atoms with Gasteiger partial charge in [0, 0.05) is 34.9 Å². The molecule has 2 atom stereocenters. The number of carboxylic acids is 1. The van der Waals surface area contributed by atoms with Gasteiger partial charge in [-0.1, -0.05) is 38.1 Å². The van der Waals surface area contributed by atoms with Crippen LogP contribution >= 0.6 is 0 Å². The molecule has 0 aliphatic carbocycles. The number of nitrogens with zero attached hydrogens (tertiary/aromatic N) is 2. The van der Waals surface area contributed by atoms with Crippen molar-refractivity contribution in [2.45, 2.75) is 66.2 Å².